The number of β-lactam (4-membered cyclic amide) rings is 1. The predicted molar refractivity (Wildman–Crippen MR) is 142 cm³/mol. The van der Waals surface area contributed by atoms with Crippen molar-refractivity contribution < 1.29 is 29.5 Å². The normalized spacial score (nSPS) is 25.3. The van der Waals surface area contributed by atoms with Crippen molar-refractivity contribution in [2.75, 3.05) is 31.1 Å². The number of carboxylic acid groups (broad SMARTS) is 1. The number of carboxylic acids is 1. The minimum atomic E-state index is -1.29. The van der Waals surface area contributed by atoms with Gasteiger partial charge in [0.25, 0.3) is 11.8 Å². The number of amides is 3. The van der Waals surface area contributed by atoms with E-state index in [0.29, 0.717) is 24.1 Å². The zero-order chi connectivity index (χ0) is 26.3. The van der Waals surface area contributed by atoms with Crippen LogP contribution in [0.5, 0.6) is 0 Å². The van der Waals surface area contributed by atoms with Gasteiger partial charge in [-0.3, -0.25) is 19.3 Å². The minimum absolute atomic E-state index is 0. The summed E-state index contributed by atoms with van der Waals surface area (Å²) in [5.41, 5.74) is 5.96. The van der Waals surface area contributed by atoms with Crippen molar-refractivity contribution in [1.82, 2.24) is 25.4 Å². The molecule has 13 nitrogen and oxygen atoms in total. The number of allylic oxidation sites excluding steroid dienone is 1. The van der Waals surface area contributed by atoms with Crippen LogP contribution in [-0.2, 0) is 19.2 Å². The maximum Gasteiger partial charge on any atom is 0.352 e. The molecule has 5 rings (SSSR count). The van der Waals surface area contributed by atoms with Gasteiger partial charge in [0.05, 0.1) is 0 Å². The average Bonchev–Trinajstić information content (AvgIpc) is 3.48. The molecule has 0 saturated carbocycles. The molecule has 16 heteroatoms. The van der Waals surface area contributed by atoms with Crippen LogP contribution in [0.4, 0.5) is 5.13 Å². The number of anilines is 1. The number of fused-ring (bicyclic) bond motifs is 1. The van der Waals surface area contributed by atoms with E-state index in [-0.39, 0.29) is 46.6 Å². The standard InChI is InChI=1S/C22H25N7O6S2.ClH/c23-22-25-13(9-37-22)14(27-35)17(30)26-15-19(32)29-16(21(33)34)11(8-36-20(15)29)7-10-3-6-28(18(10)31)12-1-4-24-5-2-12;/h7,9,12,15,20,24,35H,1-6,8H2,(H2,23,25)(H,26,30)(H,33,34);1H/b10-7?,27-14-;/t15-,20-;/m1./s1. The number of hydrogen-bond donors (Lipinski definition) is 5. The number of carbonyl (C=O) groups excluding carboxylic acids is 3. The van der Waals surface area contributed by atoms with Crippen LogP contribution in [-0.4, -0.2) is 97.3 Å². The van der Waals surface area contributed by atoms with E-state index in [2.05, 4.69) is 20.8 Å². The summed E-state index contributed by atoms with van der Waals surface area (Å²) in [6.07, 6.45) is 3.89. The molecule has 3 fully saturated rings. The van der Waals surface area contributed by atoms with Gasteiger partial charge in [-0.25, -0.2) is 9.78 Å². The first-order chi connectivity index (χ1) is 17.8. The number of rotatable bonds is 6. The van der Waals surface area contributed by atoms with Gasteiger partial charge in [0.2, 0.25) is 5.91 Å². The number of aromatic nitrogens is 1. The molecule has 0 aliphatic carbocycles. The number of nitrogen functional groups attached to an aromatic ring is 1. The quantitative estimate of drug-likeness (QED) is 0.0999. The summed E-state index contributed by atoms with van der Waals surface area (Å²) in [5.74, 6) is -2.57. The molecule has 0 unspecified atom stereocenters. The van der Waals surface area contributed by atoms with Gasteiger partial charge in [0.1, 0.15) is 22.8 Å². The molecule has 4 aliphatic heterocycles. The Kier molecular flexibility index (Phi) is 8.30. The maximum atomic E-state index is 13.1. The molecule has 0 aromatic carbocycles. The summed E-state index contributed by atoms with van der Waals surface area (Å²) in [4.78, 5) is 57.8. The van der Waals surface area contributed by atoms with E-state index >= 15 is 0 Å². The lowest BCUT2D eigenvalue weighted by molar-refractivity contribution is -0.150. The molecular weight excluding hydrogens is 558 g/mol. The number of nitrogens with zero attached hydrogens (tertiary/aromatic N) is 4. The van der Waals surface area contributed by atoms with Crippen LogP contribution in [0, 0.1) is 0 Å². The van der Waals surface area contributed by atoms with Gasteiger partial charge in [-0.05, 0) is 44.0 Å². The second-order valence-electron chi connectivity index (χ2n) is 8.96. The Morgan fingerprint density at radius 2 is 2.03 bits per heavy atom. The Bertz CT molecular complexity index is 1260. The fourth-order valence-corrected chi connectivity index (χ4v) is 6.87. The van der Waals surface area contributed by atoms with Crippen LogP contribution in [0.2, 0.25) is 0 Å². The highest BCUT2D eigenvalue weighted by molar-refractivity contribution is 8.00. The lowest BCUT2D eigenvalue weighted by Gasteiger charge is -2.49. The van der Waals surface area contributed by atoms with Crippen molar-refractivity contribution >= 4 is 70.0 Å². The number of oxime groups is 1. The molecule has 1 aromatic heterocycles. The van der Waals surface area contributed by atoms with Crippen LogP contribution >= 0.6 is 35.5 Å². The third-order valence-electron chi connectivity index (χ3n) is 6.82. The average molecular weight is 584 g/mol. The number of aliphatic carboxylic acids is 1. The molecule has 204 valence electrons. The zero-order valence-electron chi connectivity index (χ0n) is 20.0. The third-order valence-corrected chi connectivity index (χ3v) is 8.80. The lowest BCUT2D eigenvalue weighted by atomic mass is 10.0. The van der Waals surface area contributed by atoms with Gasteiger partial charge in [-0.1, -0.05) is 5.16 Å². The van der Waals surface area contributed by atoms with Crippen LogP contribution in [0.1, 0.15) is 25.0 Å². The summed E-state index contributed by atoms with van der Waals surface area (Å²) >= 11 is 2.34. The van der Waals surface area contributed by atoms with Crippen LogP contribution < -0.4 is 16.4 Å². The first-order valence-electron chi connectivity index (χ1n) is 11.7. The first kappa shape index (κ1) is 27.9. The third kappa shape index (κ3) is 4.98. The molecule has 5 heterocycles. The number of nitrogens with one attached hydrogen (secondary N) is 2. The lowest BCUT2D eigenvalue weighted by Crippen LogP contribution is -2.71. The number of piperidine rings is 1. The van der Waals surface area contributed by atoms with Gasteiger partial charge in [-0.15, -0.1) is 35.5 Å². The number of nitrogens with two attached hydrogens (primary N) is 1. The minimum Gasteiger partial charge on any atom is -0.477 e. The van der Waals surface area contributed by atoms with Gasteiger partial charge in [0, 0.05) is 29.3 Å². The number of thiazole rings is 1. The van der Waals surface area contributed by atoms with E-state index in [0.717, 1.165) is 42.2 Å². The predicted octanol–water partition coefficient (Wildman–Crippen LogP) is -0.0253. The summed E-state index contributed by atoms with van der Waals surface area (Å²) < 4.78 is 0. The highest BCUT2D eigenvalue weighted by Crippen LogP contribution is 2.41. The van der Waals surface area contributed by atoms with Crippen molar-refractivity contribution in [3.63, 3.8) is 0 Å². The van der Waals surface area contributed by atoms with Gasteiger partial charge in [0.15, 0.2) is 10.8 Å². The Morgan fingerprint density at radius 3 is 2.66 bits per heavy atom. The molecule has 6 N–H and O–H groups in total. The maximum absolute atomic E-state index is 13.1. The molecule has 4 aliphatic rings. The zero-order valence-corrected chi connectivity index (χ0v) is 22.4. The van der Waals surface area contributed by atoms with E-state index in [1.807, 2.05) is 4.90 Å². The Labute approximate surface area is 231 Å². The first-order valence-corrected chi connectivity index (χ1v) is 13.6. The van der Waals surface area contributed by atoms with Crippen LogP contribution in [0.15, 0.2) is 33.5 Å². The molecule has 0 spiro atoms. The Hall–Kier alpha value is -3.14. The molecule has 1 aromatic rings. The second-order valence-corrected chi connectivity index (χ2v) is 11.0. The van der Waals surface area contributed by atoms with E-state index < -0.39 is 34.9 Å². The number of carbonyl (C=O) groups is 4. The number of thioether (sulfide) groups is 1. The molecule has 3 saturated heterocycles. The topological polar surface area (TPSA) is 191 Å². The summed E-state index contributed by atoms with van der Waals surface area (Å²) in [5, 5.41) is 29.0. The highest BCUT2D eigenvalue weighted by Gasteiger charge is 2.54. The second kappa shape index (κ2) is 11.3. The Morgan fingerprint density at radius 1 is 1.29 bits per heavy atom. The molecule has 0 radical (unpaired) electrons. The number of hydrogen-bond acceptors (Lipinski definition) is 11. The van der Waals surface area contributed by atoms with E-state index in [9.17, 15) is 29.5 Å². The summed E-state index contributed by atoms with van der Waals surface area (Å²) in [7, 11) is 0. The SMILES string of the molecule is Cl.Nc1nc(/C(=N/O)C(=O)N[C@@H]2C(=O)N3C(C(=O)O)=C(C=C4CCN(C5CCNCC5)C4=O)CS[C@H]23)cs1. The largest absolute Gasteiger partial charge is 0.477 e. The van der Waals surface area contributed by atoms with Crippen molar-refractivity contribution in [2.45, 2.75) is 36.7 Å². The van der Waals surface area contributed by atoms with Crippen molar-refractivity contribution in [1.29, 1.82) is 0 Å². The van der Waals surface area contributed by atoms with E-state index in [1.54, 1.807) is 6.08 Å². The molecule has 2 atom stereocenters. The molecule has 0 bridgehead atoms. The number of likely N-dealkylation sites (tertiary alicyclic amines) is 1. The number of halogens is 1. The van der Waals surface area contributed by atoms with E-state index in [1.165, 1.54) is 17.1 Å². The molecule has 38 heavy (non-hydrogen) atoms. The van der Waals surface area contributed by atoms with Crippen LogP contribution in [0.3, 0.4) is 0 Å². The monoisotopic (exact) mass is 583 g/mol. The summed E-state index contributed by atoms with van der Waals surface area (Å²) in [6.45, 7) is 2.31. The van der Waals surface area contributed by atoms with Gasteiger partial charge in [-0.2, -0.15) is 0 Å². The van der Waals surface area contributed by atoms with E-state index in [4.69, 9.17) is 5.73 Å². The van der Waals surface area contributed by atoms with Crippen molar-refractivity contribution in [3.8, 4) is 0 Å². The van der Waals surface area contributed by atoms with Crippen molar-refractivity contribution in [3.05, 3.63) is 34.0 Å². The smallest absolute Gasteiger partial charge is 0.352 e. The fraction of sp³-hybridized carbons (Fsp3) is 0.455. The molecular formula is C22H26ClN7O6S2. The van der Waals surface area contributed by atoms with Gasteiger partial charge >= 0.3 is 5.97 Å². The van der Waals surface area contributed by atoms with Gasteiger partial charge < -0.3 is 31.6 Å². The highest BCUT2D eigenvalue weighted by atomic mass is 35.5. The fourth-order valence-electron chi connectivity index (χ4n) is 5.02. The summed E-state index contributed by atoms with van der Waals surface area (Å²) in [6, 6.07) is -0.843. The van der Waals surface area contributed by atoms with Crippen molar-refractivity contribution in [2.24, 2.45) is 5.16 Å². The molecule has 3 amide bonds. The van der Waals surface area contributed by atoms with Crippen LogP contribution in [0.25, 0.3) is 0 Å². The Balaban J connectivity index is 0.00000336.